The molecule has 0 saturated carbocycles. The van der Waals surface area contributed by atoms with Crippen molar-refractivity contribution in [2.45, 2.75) is 38.6 Å². The van der Waals surface area contributed by atoms with Gasteiger partial charge >= 0.3 is 0 Å². The van der Waals surface area contributed by atoms with E-state index >= 15 is 0 Å². The van der Waals surface area contributed by atoms with Gasteiger partial charge in [-0.1, -0.05) is 18.5 Å². The van der Waals surface area contributed by atoms with E-state index in [1.807, 2.05) is 12.1 Å². The lowest BCUT2D eigenvalue weighted by molar-refractivity contribution is -0.115. The van der Waals surface area contributed by atoms with Crippen molar-refractivity contribution in [3.8, 4) is 0 Å². The Morgan fingerprint density at radius 1 is 1.38 bits per heavy atom. The third-order valence-electron chi connectivity index (χ3n) is 4.45. The highest BCUT2D eigenvalue weighted by molar-refractivity contribution is 6.33. The number of nitrogens with zero attached hydrogens (tertiary/aromatic N) is 1. The fourth-order valence-corrected chi connectivity index (χ4v) is 3.41. The van der Waals surface area contributed by atoms with Crippen molar-refractivity contribution in [2.24, 2.45) is 0 Å². The molecule has 21 heavy (non-hydrogen) atoms. The van der Waals surface area contributed by atoms with Crippen LogP contribution in [0, 0.1) is 0 Å². The number of carbonyl (C=O) groups is 1. The molecule has 4 nitrogen and oxygen atoms in total. The van der Waals surface area contributed by atoms with Gasteiger partial charge in [0.15, 0.2) is 0 Å². The van der Waals surface area contributed by atoms with Crippen molar-refractivity contribution in [3.05, 3.63) is 22.7 Å². The summed E-state index contributed by atoms with van der Waals surface area (Å²) in [5.41, 5.74) is 2.85. The van der Waals surface area contributed by atoms with Gasteiger partial charge in [-0.2, -0.15) is 0 Å². The molecule has 114 valence electrons. The molecule has 0 bridgehead atoms. The van der Waals surface area contributed by atoms with Crippen LogP contribution in [-0.4, -0.2) is 36.5 Å². The number of amides is 1. The van der Waals surface area contributed by atoms with E-state index in [1.54, 1.807) is 0 Å². The minimum atomic E-state index is 0.0475. The number of hydrogen-bond acceptors (Lipinski definition) is 3. The molecule has 0 radical (unpaired) electrons. The molecule has 5 heteroatoms. The maximum atomic E-state index is 11.4. The van der Waals surface area contributed by atoms with Crippen LogP contribution in [0.2, 0.25) is 5.02 Å². The molecule has 1 fully saturated rings. The molecule has 2 heterocycles. The Balaban J connectivity index is 1.70. The molecule has 2 aliphatic rings. The highest BCUT2D eigenvalue weighted by atomic mass is 35.5. The molecular formula is C16H22ClN3O. The molecule has 3 rings (SSSR count). The second-order valence-electron chi connectivity index (χ2n) is 5.92. The lowest BCUT2D eigenvalue weighted by Crippen LogP contribution is -2.26. The number of halogens is 1. The van der Waals surface area contributed by atoms with Crippen molar-refractivity contribution in [2.75, 3.05) is 30.3 Å². The maximum Gasteiger partial charge on any atom is 0.228 e. The lowest BCUT2D eigenvalue weighted by atomic mass is 10.1. The van der Waals surface area contributed by atoms with Crippen LogP contribution >= 0.6 is 11.6 Å². The minimum Gasteiger partial charge on any atom is -0.381 e. The van der Waals surface area contributed by atoms with Crippen molar-refractivity contribution >= 4 is 28.9 Å². The van der Waals surface area contributed by atoms with E-state index in [4.69, 9.17) is 11.6 Å². The zero-order chi connectivity index (χ0) is 14.8. The number of likely N-dealkylation sites (tertiary alicyclic amines) is 1. The van der Waals surface area contributed by atoms with E-state index < -0.39 is 0 Å². The highest BCUT2D eigenvalue weighted by Gasteiger charge is 2.21. The molecule has 1 saturated heterocycles. The quantitative estimate of drug-likeness (QED) is 0.902. The Morgan fingerprint density at radius 3 is 3.05 bits per heavy atom. The van der Waals surface area contributed by atoms with Crippen LogP contribution in [0.4, 0.5) is 11.4 Å². The first-order chi connectivity index (χ1) is 10.2. The van der Waals surface area contributed by atoms with E-state index in [-0.39, 0.29) is 5.91 Å². The number of hydrogen-bond donors (Lipinski definition) is 2. The smallest absolute Gasteiger partial charge is 0.228 e. The standard InChI is InChI=1S/C16H22ClN3O/c1-2-20-6-3-4-12(5-7-20)18-15-8-11-9-16(21)19-14(11)10-13(15)17/h8,10,12,18H,2-7,9H2,1H3,(H,19,21). The first-order valence-corrected chi connectivity index (χ1v) is 8.14. The normalized spacial score (nSPS) is 22.6. The second-order valence-corrected chi connectivity index (χ2v) is 6.33. The zero-order valence-corrected chi connectivity index (χ0v) is 13.2. The summed E-state index contributed by atoms with van der Waals surface area (Å²) in [6.45, 7) is 5.66. The van der Waals surface area contributed by atoms with E-state index in [0.717, 1.165) is 36.4 Å². The van der Waals surface area contributed by atoms with Crippen molar-refractivity contribution in [3.63, 3.8) is 0 Å². The molecule has 0 aliphatic carbocycles. The second kappa shape index (κ2) is 6.24. The van der Waals surface area contributed by atoms with Gasteiger partial charge in [0.2, 0.25) is 5.91 Å². The van der Waals surface area contributed by atoms with Crippen molar-refractivity contribution in [1.29, 1.82) is 0 Å². The average molecular weight is 308 g/mol. The van der Waals surface area contributed by atoms with Gasteiger partial charge in [-0.15, -0.1) is 0 Å². The Bertz CT molecular complexity index is 547. The van der Waals surface area contributed by atoms with Crippen LogP contribution in [-0.2, 0) is 11.2 Å². The van der Waals surface area contributed by atoms with Gasteiger partial charge in [-0.25, -0.2) is 0 Å². The third kappa shape index (κ3) is 3.33. The summed E-state index contributed by atoms with van der Waals surface area (Å²) in [6.07, 6.45) is 3.98. The molecule has 1 unspecified atom stereocenters. The Kier molecular flexibility index (Phi) is 4.36. The summed E-state index contributed by atoms with van der Waals surface area (Å²) in [5.74, 6) is 0.0475. The molecule has 0 spiro atoms. The molecule has 2 aliphatic heterocycles. The molecule has 1 aromatic rings. The monoisotopic (exact) mass is 307 g/mol. The average Bonchev–Trinajstić information content (AvgIpc) is 2.68. The van der Waals surface area contributed by atoms with E-state index in [2.05, 4.69) is 22.5 Å². The molecule has 2 N–H and O–H groups in total. The van der Waals surface area contributed by atoms with Gasteiger partial charge < -0.3 is 15.5 Å². The SMILES string of the molecule is CCN1CCCC(Nc2cc3c(cc2Cl)NC(=O)C3)CC1. The fourth-order valence-electron chi connectivity index (χ4n) is 3.20. The number of nitrogens with one attached hydrogen (secondary N) is 2. The van der Waals surface area contributed by atoms with E-state index in [0.29, 0.717) is 17.5 Å². The van der Waals surface area contributed by atoms with Crippen LogP contribution in [0.25, 0.3) is 0 Å². The van der Waals surface area contributed by atoms with E-state index in [9.17, 15) is 4.79 Å². The maximum absolute atomic E-state index is 11.4. The van der Waals surface area contributed by atoms with Crippen LogP contribution in [0.15, 0.2) is 12.1 Å². The Morgan fingerprint density at radius 2 is 2.24 bits per heavy atom. The van der Waals surface area contributed by atoms with Crippen LogP contribution in [0.3, 0.4) is 0 Å². The number of anilines is 2. The predicted molar refractivity (Wildman–Crippen MR) is 87.2 cm³/mol. The van der Waals surface area contributed by atoms with Gasteiger partial charge in [0.1, 0.15) is 0 Å². The van der Waals surface area contributed by atoms with E-state index in [1.165, 1.54) is 19.4 Å². The number of carbonyl (C=O) groups excluding carboxylic acids is 1. The summed E-state index contributed by atoms with van der Waals surface area (Å²) in [5, 5.41) is 7.10. The Hall–Kier alpha value is -1.26. The summed E-state index contributed by atoms with van der Waals surface area (Å²) in [4.78, 5) is 13.9. The van der Waals surface area contributed by atoms with Gasteiger partial charge in [0, 0.05) is 18.3 Å². The Labute approximate surface area is 130 Å². The summed E-state index contributed by atoms with van der Waals surface area (Å²) >= 11 is 6.35. The fraction of sp³-hybridized carbons (Fsp3) is 0.562. The minimum absolute atomic E-state index is 0.0475. The van der Waals surface area contributed by atoms with Crippen molar-refractivity contribution < 1.29 is 4.79 Å². The van der Waals surface area contributed by atoms with Gasteiger partial charge in [0.25, 0.3) is 0 Å². The molecular weight excluding hydrogens is 286 g/mol. The molecule has 1 atom stereocenters. The first-order valence-electron chi connectivity index (χ1n) is 7.77. The zero-order valence-electron chi connectivity index (χ0n) is 12.4. The molecule has 1 amide bonds. The third-order valence-corrected chi connectivity index (χ3v) is 4.76. The van der Waals surface area contributed by atoms with Gasteiger partial charge in [0.05, 0.1) is 17.1 Å². The number of benzene rings is 1. The van der Waals surface area contributed by atoms with Crippen LogP contribution < -0.4 is 10.6 Å². The van der Waals surface area contributed by atoms with Crippen LogP contribution in [0.1, 0.15) is 31.7 Å². The van der Waals surface area contributed by atoms with Crippen molar-refractivity contribution in [1.82, 2.24) is 4.90 Å². The predicted octanol–water partition coefficient (Wildman–Crippen LogP) is 3.12. The first kappa shape index (κ1) is 14.7. The summed E-state index contributed by atoms with van der Waals surface area (Å²) in [6, 6.07) is 4.35. The lowest BCUT2D eigenvalue weighted by Gasteiger charge is -2.20. The molecule has 1 aromatic carbocycles. The van der Waals surface area contributed by atoms with Gasteiger partial charge in [-0.05, 0) is 50.0 Å². The largest absolute Gasteiger partial charge is 0.381 e. The van der Waals surface area contributed by atoms with Crippen LogP contribution in [0.5, 0.6) is 0 Å². The highest BCUT2D eigenvalue weighted by Crippen LogP contribution is 2.33. The molecule has 0 aromatic heterocycles. The number of fused-ring (bicyclic) bond motifs is 1. The van der Waals surface area contributed by atoms with Gasteiger partial charge in [-0.3, -0.25) is 4.79 Å². The summed E-state index contributed by atoms with van der Waals surface area (Å²) < 4.78 is 0. The summed E-state index contributed by atoms with van der Waals surface area (Å²) in [7, 11) is 0. The topological polar surface area (TPSA) is 44.4 Å². The number of rotatable bonds is 3.